The number of halogens is 1. The second kappa shape index (κ2) is 9.13. The molecule has 2 N–H and O–H groups in total. The van der Waals surface area contributed by atoms with E-state index in [0.29, 0.717) is 17.8 Å². The van der Waals surface area contributed by atoms with Gasteiger partial charge in [-0.2, -0.15) is 0 Å². The largest absolute Gasteiger partial charge is 0.463 e. The maximum Gasteiger partial charge on any atom is 0.251 e. The van der Waals surface area contributed by atoms with Crippen LogP contribution in [0.1, 0.15) is 27.7 Å². The van der Waals surface area contributed by atoms with Gasteiger partial charge in [0.05, 0.1) is 44.7 Å². The molecule has 1 aliphatic rings. The summed E-state index contributed by atoms with van der Waals surface area (Å²) in [5.74, 6) is 0.586. The fourth-order valence-electron chi connectivity index (χ4n) is 4.11. The van der Waals surface area contributed by atoms with E-state index in [2.05, 4.69) is 10.2 Å². The van der Waals surface area contributed by atoms with Gasteiger partial charge in [-0.15, -0.1) is 0 Å². The normalized spacial score (nSPS) is 15.7. The number of nitrogens with zero attached hydrogens (tertiary/aromatic N) is 1. The first-order chi connectivity index (χ1) is 14.6. The highest BCUT2D eigenvalue weighted by atomic mass is 19.1. The Morgan fingerprint density at radius 2 is 1.93 bits per heavy atom. The summed E-state index contributed by atoms with van der Waals surface area (Å²) in [5, 5.41) is 3.07. The van der Waals surface area contributed by atoms with Crippen LogP contribution in [0.25, 0.3) is 0 Å². The summed E-state index contributed by atoms with van der Waals surface area (Å²) in [7, 11) is 0. The number of piperazine rings is 1. The summed E-state index contributed by atoms with van der Waals surface area (Å²) in [5.41, 5.74) is 2.37. The van der Waals surface area contributed by atoms with Gasteiger partial charge in [0.15, 0.2) is 11.8 Å². The molecule has 1 fully saturated rings. The molecular weight excluding hydrogens is 381 g/mol. The third-order valence-electron chi connectivity index (χ3n) is 5.73. The fraction of sp³-hybridized carbons (Fsp3) is 0.292. The van der Waals surface area contributed by atoms with Crippen molar-refractivity contribution in [3.05, 3.63) is 89.6 Å². The molecule has 6 heteroatoms. The lowest BCUT2D eigenvalue weighted by Crippen LogP contribution is -3.15. The topological polar surface area (TPSA) is 49.9 Å². The number of benzene rings is 2. The van der Waals surface area contributed by atoms with Crippen LogP contribution in [-0.2, 0) is 0 Å². The molecule has 1 aliphatic heterocycles. The Hall–Kier alpha value is -3.12. The van der Waals surface area contributed by atoms with Gasteiger partial charge < -0.3 is 19.5 Å². The number of hydrogen-bond acceptors (Lipinski definition) is 3. The van der Waals surface area contributed by atoms with Crippen LogP contribution >= 0.6 is 0 Å². The van der Waals surface area contributed by atoms with E-state index < -0.39 is 0 Å². The maximum absolute atomic E-state index is 14.1. The molecule has 0 unspecified atom stereocenters. The van der Waals surface area contributed by atoms with Crippen LogP contribution in [0, 0.1) is 12.7 Å². The van der Waals surface area contributed by atoms with Gasteiger partial charge in [0.1, 0.15) is 5.82 Å². The first kappa shape index (κ1) is 20.2. The smallest absolute Gasteiger partial charge is 0.251 e. The third kappa shape index (κ3) is 4.54. The molecule has 0 radical (unpaired) electrons. The summed E-state index contributed by atoms with van der Waals surface area (Å²) in [6.45, 7) is 5.62. The summed E-state index contributed by atoms with van der Waals surface area (Å²) >= 11 is 0. The van der Waals surface area contributed by atoms with E-state index >= 15 is 0 Å². The molecule has 1 saturated heterocycles. The molecule has 1 aromatic heterocycles. The van der Waals surface area contributed by atoms with E-state index in [0.717, 1.165) is 37.5 Å². The van der Waals surface area contributed by atoms with E-state index in [1.54, 1.807) is 12.3 Å². The maximum atomic E-state index is 14.1. The Balaban J connectivity index is 1.42. The molecule has 156 valence electrons. The molecule has 3 aromatic rings. The van der Waals surface area contributed by atoms with Crippen LogP contribution in [0.15, 0.2) is 71.3 Å². The minimum absolute atomic E-state index is 0.0107. The Morgan fingerprint density at radius 3 is 2.63 bits per heavy atom. The van der Waals surface area contributed by atoms with Crippen molar-refractivity contribution in [2.24, 2.45) is 0 Å². The van der Waals surface area contributed by atoms with Gasteiger partial charge in [-0.25, -0.2) is 4.39 Å². The zero-order valence-electron chi connectivity index (χ0n) is 17.1. The molecule has 4 rings (SSSR count). The van der Waals surface area contributed by atoms with Crippen molar-refractivity contribution in [1.29, 1.82) is 0 Å². The third-order valence-corrected chi connectivity index (χ3v) is 5.73. The number of anilines is 1. The van der Waals surface area contributed by atoms with Crippen LogP contribution in [0.3, 0.4) is 0 Å². The Bertz CT molecular complexity index is 982. The predicted octanol–water partition coefficient (Wildman–Crippen LogP) is 2.60. The average molecular weight is 408 g/mol. The molecule has 0 spiro atoms. The lowest BCUT2D eigenvalue weighted by atomic mass is 10.1. The zero-order valence-corrected chi connectivity index (χ0v) is 17.1. The van der Waals surface area contributed by atoms with Gasteiger partial charge in [0.25, 0.3) is 5.91 Å². The monoisotopic (exact) mass is 408 g/mol. The first-order valence-corrected chi connectivity index (χ1v) is 10.3. The first-order valence-electron chi connectivity index (χ1n) is 10.3. The van der Waals surface area contributed by atoms with Crippen molar-refractivity contribution in [2.75, 3.05) is 37.6 Å². The molecule has 0 aliphatic carbocycles. The standard InChI is InChI=1S/C24H26FN3O2/c1-18-6-4-7-19(16-18)24(29)26-17-22(23-10-5-15-30-23)28-13-11-27(12-14-28)21-9-3-2-8-20(21)25/h2-10,15-16,22H,11-14,17H2,1H3,(H,26,29)/p+1/t22-/m1/s1. The van der Waals surface area contributed by atoms with E-state index in [9.17, 15) is 9.18 Å². The SMILES string of the molecule is Cc1cccc(C(=O)NC[C@H](c2ccco2)[NH+]2CCN(c3ccccc3F)CC2)c1. The number of carbonyl (C=O) groups excluding carboxylic acids is 1. The minimum atomic E-state index is -0.186. The summed E-state index contributed by atoms with van der Waals surface area (Å²) in [6, 6.07) is 18.3. The highest BCUT2D eigenvalue weighted by molar-refractivity contribution is 5.94. The minimum Gasteiger partial charge on any atom is -0.463 e. The van der Waals surface area contributed by atoms with Crippen molar-refractivity contribution in [1.82, 2.24) is 5.32 Å². The number of furan rings is 1. The molecule has 2 heterocycles. The van der Waals surface area contributed by atoms with Gasteiger partial charge in [0.2, 0.25) is 0 Å². The molecule has 0 bridgehead atoms. The highest BCUT2D eigenvalue weighted by Crippen LogP contribution is 2.19. The van der Waals surface area contributed by atoms with E-state index in [-0.39, 0.29) is 17.8 Å². The van der Waals surface area contributed by atoms with Crippen LogP contribution in [0.5, 0.6) is 0 Å². The Morgan fingerprint density at radius 1 is 1.13 bits per heavy atom. The van der Waals surface area contributed by atoms with Crippen LogP contribution in [0.4, 0.5) is 10.1 Å². The molecule has 1 atom stereocenters. The van der Waals surface area contributed by atoms with E-state index in [1.807, 2.05) is 55.5 Å². The molecular formula is C24H27FN3O2+. The van der Waals surface area contributed by atoms with Crippen molar-refractivity contribution < 1.29 is 18.5 Å². The van der Waals surface area contributed by atoms with Crippen LogP contribution < -0.4 is 15.1 Å². The number of para-hydroxylation sites is 1. The zero-order chi connectivity index (χ0) is 20.9. The Kier molecular flexibility index (Phi) is 6.14. The summed E-state index contributed by atoms with van der Waals surface area (Å²) in [6.07, 6.45) is 1.67. The summed E-state index contributed by atoms with van der Waals surface area (Å²) in [4.78, 5) is 16.0. The second-order valence-electron chi connectivity index (χ2n) is 7.74. The number of hydrogen-bond donors (Lipinski definition) is 2. The lowest BCUT2D eigenvalue weighted by molar-refractivity contribution is -0.932. The number of amides is 1. The predicted molar refractivity (Wildman–Crippen MR) is 114 cm³/mol. The number of quaternary nitrogens is 1. The lowest BCUT2D eigenvalue weighted by Gasteiger charge is -2.37. The van der Waals surface area contributed by atoms with Gasteiger partial charge in [-0.05, 0) is 43.3 Å². The molecule has 30 heavy (non-hydrogen) atoms. The number of nitrogens with one attached hydrogen (secondary N) is 2. The number of aryl methyl sites for hydroxylation is 1. The van der Waals surface area contributed by atoms with Crippen molar-refractivity contribution >= 4 is 11.6 Å². The van der Waals surface area contributed by atoms with E-state index in [1.165, 1.54) is 11.0 Å². The molecule has 0 saturated carbocycles. The van der Waals surface area contributed by atoms with Crippen LogP contribution in [0.2, 0.25) is 0 Å². The summed E-state index contributed by atoms with van der Waals surface area (Å²) < 4.78 is 19.8. The fourth-order valence-corrected chi connectivity index (χ4v) is 4.11. The number of carbonyl (C=O) groups is 1. The van der Waals surface area contributed by atoms with Gasteiger partial charge in [-0.1, -0.05) is 29.8 Å². The second-order valence-corrected chi connectivity index (χ2v) is 7.74. The van der Waals surface area contributed by atoms with Crippen molar-refractivity contribution in [2.45, 2.75) is 13.0 Å². The molecule has 2 aromatic carbocycles. The molecule has 1 amide bonds. The van der Waals surface area contributed by atoms with Crippen LogP contribution in [-0.4, -0.2) is 38.6 Å². The average Bonchev–Trinajstić information content (AvgIpc) is 3.29. The van der Waals surface area contributed by atoms with Gasteiger partial charge in [0, 0.05) is 5.56 Å². The van der Waals surface area contributed by atoms with Crippen molar-refractivity contribution in [3.63, 3.8) is 0 Å². The Labute approximate surface area is 176 Å². The molecule has 5 nitrogen and oxygen atoms in total. The van der Waals surface area contributed by atoms with Gasteiger partial charge in [-0.3, -0.25) is 4.79 Å². The van der Waals surface area contributed by atoms with Crippen molar-refractivity contribution in [3.8, 4) is 0 Å². The van der Waals surface area contributed by atoms with E-state index in [4.69, 9.17) is 4.42 Å². The quantitative estimate of drug-likeness (QED) is 0.659. The highest BCUT2D eigenvalue weighted by Gasteiger charge is 2.31. The number of rotatable bonds is 6. The van der Waals surface area contributed by atoms with Gasteiger partial charge >= 0.3 is 0 Å².